The van der Waals surface area contributed by atoms with Crippen molar-refractivity contribution in [3.05, 3.63) is 59.7 Å². The van der Waals surface area contributed by atoms with Crippen LogP contribution in [0.4, 0.5) is 20.2 Å². The summed E-state index contributed by atoms with van der Waals surface area (Å²) < 4.78 is 27.2. The van der Waals surface area contributed by atoms with Crippen molar-refractivity contribution < 1.29 is 13.6 Å². The minimum Gasteiger partial charge on any atom is -0.371 e. The predicted molar refractivity (Wildman–Crippen MR) is 82.2 cm³/mol. The van der Waals surface area contributed by atoms with Gasteiger partial charge in [-0.1, -0.05) is 12.1 Å². The highest BCUT2D eigenvalue weighted by atomic mass is 19.1. The number of hydrogen-bond acceptors (Lipinski definition) is 2. The first-order chi connectivity index (χ1) is 10.6. The maximum absolute atomic E-state index is 13.6. The highest BCUT2D eigenvalue weighted by Crippen LogP contribution is 2.24. The van der Waals surface area contributed by atoms with Gasteiger partial charge in [-0.25, -0.2) is 8.78 Å². The summed E-state index contributed by atoms with van der Waals surface area (Å²) in [5.41, 5.74) is 0.968. The van der Waals surface area contributed by atoms with Crippen molar-refractivity contribution >= 4 is 17.3 Å². The van der Waals surface area contributed by atoms with Gasteiger partial charge in [0.05, 0.1) is 0 Å². The lowest BCUT2D eigenvalue weighted by molar-refractivity contribution is 0.101. The van der Waals surface area contributed by atoms with E-state index < -0.39 is 23.1 Å². The predicted octanol–water partition coefficient (Wildman–Crippen LogP) is 3.82. The highest BCUT2D eigenvalue weighted by Gasteiger charge is 2.18. The highest BCUT2D eigenvalue weighted by molar-refractivity contribution is 6.04. The second-order valence-electron chi connectivity index (χ2n) is 5.30. The Hall–Kier alpha value is -2.43. The molecule has 1 fully saturated rings. The number of benzene rings is 2. The molecule has 1 saturated heterocycles. The van der Waals surface area contributed by atoms with Crippen LogP contribution in [0, 0.1) is 11.6 Å². The number of carbonyl (C=O) groups excluding carboxylic acids is 1. The zero-order chi connectivity index (χ0) is 15.5. The van der Waals surface area contributed by atoms with Crippen LogP contribution in [0.1, 0.15) is 23.2 Å². The van der Waals surface area contributed by atoms with E-state index in [9.17, 15) is 13.6 Å². The van der Waals surface area contributed by atoms with Crippen LogP contribution in [0.5, 0.6) is 0 Å². The summed E-state index contributed by atoms with van der Waals surface area (Å²) in [4.78, 5) is 14.3. The van der Waals surface area contributed by atoms with Crippen molar-refractivity contribution in [1.29, 1.82) is 0 Å². The maximum Gasteiger partial charge on any atom is 0.261 e. The third kappa shape index (κ3) is 2.93. The van der Waals surface area contributed by atoms with E-state index in [0.717, 1.165) is 43.8 Å². The van der Waals surface area contributed by atoms with Gasteiger partial charge < -0.3 is 10.2 Å². The lowest BCUT2D eigenvalue weighted by Gasteiger charge is -2.18. The van der Waals surface area contributed by atoms with Crippen molar-refractivity contribution in [1.82, 2.24) is 0 Å². The third-order valence-corrected chi connectivity index (χ3v) is 3.77. The molecule has 1 aliphatic rings. The molecule has 2 aromatic rings. The quantitative estimate of drug-likeness (QED) is 0.935. The van der Waals surface area contributed by atoms with E-state index in [0.29, 0.717) is 5.69 Å². The lowest BCUT2D eigenvalue weighted by Crippen LogP contribution is -2.19. The van der Waals surface area contributed by atoms with Gasteiger partial charge in [0.2, 0.25) is 0 Å². The summed E-state index contributed by atoms with van der Waals surface area (Å²) in [5.74, 6) is -2.52. The Kier molecular flexibility index (Phi) is 4.04. The van der Waals surface area contributed by atoms with Crippen LogP contribution in [0.25, 0.3) is 0 Å². The summed E-state index contributed by atoms with van der Waals surface area (Å²) >= 11 is 0. The van der Waals surface area contributed by atoms with E-state index >= 15 is 0 Å². The number of carbonyl (C=O) groups is 1. The van der Waals surface area contributed by atoms with Crippen molar-refractivity contribution in [2.75, 3.05) is 23.3 Å². The standard InChI is InChI=1S/C17H16F2N2O/c18-14-7-4-8-15(19)16(14)17(22)20-12-5-3-6-13(11-12)21-9-1-2-10-21/h3-8,11H,1-2,9-10H2,(H,20,22). The third-order valence-electron chi connectivity index (χ3n) is 3.77. The number of anilines is 2. The van der Waals surface area contributed by atoms with E-state index in [-0.39, 0.29) is 0 Å². The fourth-order valence-corrected chi connectivity index (χ4v) is 2.66. The van der Waals surface area contributed by atoms with Crippen LogP contribution in [-0.4, -0.2) is 19.0 Å². The molecule has 1 aliphatic heterocycles. The number of amides is 1. The van der Waals surface area contributed by atoms with Crippen LogP contribution < -0.4 is 10.2 Å². The summed E-state index contributed by atoms with van der Waals surface area (Å²) in [6.07, 6.45) is 2.30. The Morgan fingerprint density at radius 1 is 1.00 bits per heavy atom. The van der Waals surface area contributed by atoms with Gasteiger partial charge in [-0.15, -0.1) is 0 Å². The molecule has 0 atom stereocenters. The summed E-state index contributed by atoms with van der Waals surface area (Å²) in [7, 11) is 0. The molecule has 2 aromatic carbocycles. The summed E-state index contributed by atoms with van der Waals surface area (Å²) in [6, 6.07) is 10.7. The first-order valence-corrected chi connectivity index (χ1v) is 7.25. The van der Waals surface area contributed by atoms with Gasteiger partial charge in [-0.05, 0) is 43.2 Å². The second-order valence-corrected chi connectivity index (χ2v) is 5.30. The monoisotopic (exact) mass is 302 g/mol. The van der Waals surface area contributed by atoms with E-state index in [1.54, 1.807) is 6.07 Å². The van der Waals surface area contributed by atoms with Gasteiger partial charge in [-0.2, -0.15) is 0 Å². The maximum atomic E-state index is 13.6. The van der Waals surface area contributed by atoms with Gasteiger partial charge in [-0.3, -0.25) is 4.79 Å². The normalized spacial score (nSPS) is 14.2. The number of hydrogen-bond donors (Lipinski definition) is 1. The molecule has 0 unspecified atom stereocenters. The molecule has 3 nitrogen and oxygen atoms in total. The van der Waals surface area contributed by atoms with Gasteiger partial charge in [0.25, 0.3) is 5.91 Å². The second kappa shape index (κ2) is 6.13. The van der Waals surface area contributed by atoms with E-state index in [1.165, 1.54) is 6.07 Å². The van der Waals surface area contributed by atoms with Crippen molar-refractivity contribution in [3.63, 3.8) is 0 Å². The molecule has 0 aliphatic carbocycles. The van der Waals surface area contributed by atoms with Crippen LogP contribution in [0.2, 0.25) is 0 Å². The molecule has 0 saturated carbocycles. The molecule has 0 bridgehead atoms. The molecule has 0 spiro atoms. The lowest BCUT2D eigenvalue weighted by atomic mass is 10.1. The Labute approximate surface area is 127 Å². The zero-order valence-corrected chi connectivity index (χ0v) is 12.0. The van der Waals surface area contributed by atoms with Gasteiger partial charge >= 0.3 is 0 Å². The van der Waals surface area contributed by atoms with Crippen LogP contribution in [0.3, 0.4) is 0 Å². The van der Waals surface area contributed by atoms with E-state index in [4.69, 9.17) is 0 Å². The number of nitrogens with zero attached hydrogens (tertiary/aromatic N) is 1. The van der Waals surface area contributed by atoms with Crippen molar-refractivity contribution in [2.24, 2.45) is 0 Å². The van der Waals surface area contributed by atoms with E-state index in [1.807, 2.05) is 18.2 Å². The fraction of sp³-hybridized carbons (Fsp3) is 0.235. The van der Waals surface area contributed by atoms with Gasteiger partial charge in [0.15, 0.2) is 0 Å². The molecular formula is C17H16F2N2O. The number of halogens is 2. The molecule has 1 amide bonds. The molecule has 1 heterocycles. The zero-order valence-electron chi connectivity index (χ0n) is 12.0. The van der Waals surface area contributed by atoms with Crippen molar-refractivity contribution in [2.45, 2.75) is 12.8 Å². The van der Waals surface area contributed by atoms with Crippen LogP contribution in [-0.2, 0) is 0 Å². The molecule has 0 radical (unpaired) electrons. The Morgan fingerprint density at radius 2 is 1.64 bits per heavy atom. The molecule has 22 heavy (non-hydrogen) atoms. The minimum absolute atomic E-state index is 0.525. The fourth-order valence-electron chi connectivity index (χ4n) is 2.66. The van der Waals surface area contributed by atoms with E-state index in [2.05, 4.69) is 10.2 Å². The summed E-state index contributed by atoms with van der Waals surface area (Å²) in [6.45, 7) is 1.97. The average molecular weight is 302 g/mol. The van der Waals surface area contributed by atoms with Crippen molar-refractivity contribution in [3.8, 4) is 0 Å². The number of rotatable bonds is 3. The first-order valence-electron chi connectivity index (χ1n) is 7.25. The molecule has 5 heteroatoms. The summed E-state index contributed by atoms with van der Waals surface area (Å²) in [5, 5.41) is 2.56. The van der Waals surface area contributed by atoms with Crippen LogP contribution in [0.15, 0.2) is 42.5 Å². The smallest absolute Gasteiger partial charge is 0.261 e. The molecule has 1 N–H and O–H groups in total. The topological polar surface area (TPSA) is 32.3 Å². The Morgan fingerprint density at radius 3 is 2.32 bits per heavy atom. The first kappa shape index (κ1) is 14.5. The molecular weight excluding hydrogens is 286 g/mol. The van der Waals surface area contributed by atoms with Crippen LogP contribution >= 0.6 is 0 Å². The van der Waals surface area contributed by atoms with Gasteiger partial charge in [0.1, 0.15) is 17.2 Å². The largest absolute Gasteiger partial charge is 0.371 e. The average Bonchev–Trinajstić information content (AvgIpc) is 3.01. The number of nitrogens with one attached hydrogen (secondary N) is 1. The molecule has 3 rings (SSSR count). The van der Waals surface area contributed by atoms with Gasteiger partial charge in [0, 0.05) is 24.5 Å². The molecule has 114 valence electrons. The Bertz CT molecular complexity index is 677. The minimum atomic E-state index is -0.867. The Balaban J connectivity index is 1.81. The molecule has 0 aromatic heterocycles. The SMILES string of the molecule is O=C(Nc1cccc(N2CCCC2)c1)c1c(F)cccc1F.